The minimum absolute atomic E-state index is 0.105. The lowest BCUT2D eigenvalue weighted by Gasteiger charge is -2.18. The van der Waals surface area contributed by atoms with Crippen molar-refractivity contribution in [1.82, 2.24) is 0 Å². The molecular weight excluding hydrogens is 320 g/mol. The van der Waals surface area contributed by atoms with Crippen LogP contribution in [0.5, 0.6) is 0 Å². The van der Waals surface area contributed by atoms with Gasteiger partial charge in [0.2, 0.25) is 0 Å². The highest BCUT2D eigenvalue weighted by Crippen LogP contribution is 2.34. The molecule has 1 saturated carbocycles. The molecule has 3 N–H and O–H groups in total. The molecule has 5 heteroatoms. The second-order valence-corrected chi connectivity index (χ2v) is 7.22. The fraction of sp³-hybridized carbons (Fsp3) is 0.800. The summed E-state index contributed by atoms with van der Waals surface area (Å²) in [5.41, 5.74) is 0. The zero-order valence-corrected chi connectivity index (χ0v) is 15.4. The number of Topliss-reactive ketones (excluding diaryl/α,β-unsaturated/α-hetero) is 1. The topological polar surface area (TPSA) is 94.8 Å². The Morgan fingerprint density at radius 2 is 1.92 bits per heavy atom. The highest BCUT2D eigenvalue weighted by molar-refractivity contribution is 5.84. The van der Waals surface area contributed by atoms with Gasteiger partial charge in [-0.3, -0.25) is 9.59 Å². The molecule has 0 amide bonds. The number of carboxylic acid groups (broad SMARTS) is 1. The van der Waals surface area contributed by atoms with Gasteiger partial charge in [-0.2, -0.15) is 0 Å². The van der Waals surface area contributed by atoms with Crippen LogP contribution in [0.1, 0.15) is 77.6 Å². The van der Waals surface area contributed by atoms with Crippen molar-refractivity contribution in [3.05, 3.63) is 12.2 Å². The van der Waals surface area contributed by atoms with Crippen molar-refractivity contribution in [3.63, 3.8) is 0 Å². The van der Waals surface area contributed by atoms with Crippen LogP contribution in [-0.4, -0.2) is 39.3 Å². The van der Waals surface area contributed by atoms with E-state index in [2.05, 4.69) is 6.92 Å². The minimum atomic E-state index is -0.767. The Kier molecular flexibility index (Phi) is 10.7. The molecule has 1 aliphatic rings. The highest BCUT2D eigenvalue weighted by Gasteiger charge is 2.39. The van der Waals surface area contributed by atoms with Crippen LogP contribution in [0, 0.1) is 11.8 Å². The van der Waals surface area contributed by atoms with Gasteiger partial charge >= 0.3 is 5.97 Å². The SMILES string of the molecule is CCCCC[C@H](O)/C=C\[C@H]1[C@H](CCCCCCC(=O)O)C(=O)C[C@@H]1O. The van der Waals surface area contributed by atoms with E-state index in [-0.39, 0.29) is 30.5 Å². The predicted octanol–water partition coefficient (Wildman–Crippen LogP) is 3.48. The van der Waals surface area contributed by atoms with E-state index in [4.69, 9.17) is 5.11 Å². The lowest BCUT2D eigenvalue weighted by molar-refractivity contribution is -0.137. The Hall–Kier alpha value is -1.20. The summed E-state index contributed by atoms with van der Waals surface area (Å²) in [7, 11) is 0. The van der Waals surface area contributed by atoms with E-state index in [1.54, 1.807) is 6.08 Å². The lowest BCUT2D eigenvalue weighted by Crippen LogP contribution is -2.19. The maximum Gasteiger partial charge on any atom is 0.303 e. The first-order valence-electron chi connectivity index (χ1n) is 9.74. The Morgan fingerprint density at radius 1 is 1.20 bits per heavy atom. The van der Waals surface area contributed by atoms with Gasteiger partial charge in [0.15, 0.2) is 0 Å². The average molecular weight is 354 g/mol. The van der Waals surface area contributed by atoms with Gasteiger partial charge in [-0.1, -0.05) is 57.6 Å². The van der Waals surface area contributed by atoms with Crippen LogP contribution < -0.4 is 0 Å². The van der Waals surface area contributed by atoms with E-state index < -0.39 is 18.2 Å². The second kappa shape index (κ2) is 12.2. The number of aliphatic hydroxyl groups excluding tert-OH is 2. The third-order valence-corrected chi connectivity index (χ3v) is 5.05. The standard InChI is InChI=1S/C20H34O5/c1-2-3-6-9-15(21)12-13-17-16(18(22)14-19(17)23)10-7-4-5-8-11-20(24)25/h12-13,15-17,19,21,23H,2-11,14H2,1H3,(H,24,25)/b13-12-/t15-,16-,17-,19-/m0/s1. The summed E-state index contributed by atoms with van der Waals surface area (Å²) in [4.78, 5) is 22.6. The van der Waals surface area contributed by atoms with Crippen molar-refractivity contribution < 1.29 is 24.9 Å². The molecule has 0 spiro atoms. The second-order valence-electron chi connectivity index (χ2n) is 7.22. The summed E-state index contributed by atoms with van der Waals surface area (Å²) in [5.74, 6) is -1.04. The van der Waals surface area contributed by atoms with Crippen LogP contribution in [-0.2, 0) is 9.59 Å². The quantitative estimate of drug-likeness (QED) is 0.348. The van der Waals surface area contributed by atoms with Crippen molar-refractivity contribution >= 4 is 11.8 Å². The number of rotatable bonds is 13. The van der Waals surface area contributed by atoms with Crippen molar-refractivity contribution in [1.29, 1.82) is 0 Å². The van der Waals surface area contributed by atoms with Crippen molar-refractivity contribution in [3.8, 4) is 0 Å². The van der Waals surface area contributed by atoms with Crippen molar-refractivity contribution in [2.24, 2.45) is 11.8 Å². The number of aliphatic hydroxyl groups is 2. The van der Waals surface area contributed by atoms with Gasteiger partial charge in [0, 0.05) is 24.7 Å². The van der Waals surface area contributed by atoms with E-state index >= 15 is 0 Å². The van der Waals surface area contributed by atoms with E-state index in [1.807, 2.05) is 6.08 Å². The third kappa shape index (κ3) is 8.63. The Bertz CT molecular complexity index is 432. The molecule has 0 aromatic heterocycles. The number of unbranched alkanes of at least 4 members (excludes halogenated alkanes) is 5. The zero-order chi connectivity index (χ0) is 18.7. The molecule has 0 saturated heterocycles. The van der Waals surface area contributed by atoms with Crippen LogP contribution in [0.15, 0.2) is 12.2 Å². The summed E-state index contributed by atoms with van der Waals surface area (Å²) in [6.45, 7) is 2.12. The van der Waals surface area contributed by atoms with Gasteiger partial charge in [0.05, 0.1) is 12.2 Å². The monoisotopic (exact) mass is 354 g/mol. The van der Waals surface area contributed by atoms with Gasteiger partial charge in [-0.15, -0.1) is 0 Å². The summed E-state index contributed by atoms with van der Waals surface area (Å²) in [5, 5.41) is 28.7. The molecule has 0 aromatic carbocycles. The summed E-state index contributed by atoms with van der Waals surface area (Å²) >= 11 is 0. The Labute approximate surface area is 151 Å². The normalized spacial score (nSPS) is 24.9. The van der Waals surface area contributed by atoms with Gasteiger partial charge in [-0.05, 0) is 19.3 Å². The number of carboxylic acids is 1. The lowest BCUT2D eigenvalue weighted by atomic mass is 9.88. The van der Waals surface area contributed by atoms with Gasteiger partial charge in [0.1, 0.15) is 5.78 Å². The summed E-state index contributed by atoms with van der Waals surface area (Å²) in [6, 6.07) is 0. The first kappa shape index (κ1) is 21.8. The van der Waals surface area contributed by atoms with E-state index in [0.717, 1.165) is 51.4 Å². The number of hydrogen-bond acceptors (Lipinski definition) is 4. The highest BCUT2D eigenvalue weighted by atomic mass is 16.4. The van der Waals surface area contributed by atoms with Gasteiger partial charge in [0.25, 0.3) is 0 Å². The zero-order valence-electron chi connectivity index (χ0n) is 15.4. The number of hydrogen-bond donors (Lipinski definition) is 3. The fourth-order valence-electron chi connectivity index (χ4n) is 3.54. The third-order valence-electron chi connectivity index (χ3n) is 5.05. The van der Waals surface area contributed by atoms with Gasteiger partial charge < -0.3 is 15.3 Å². The first-order chi connectivity index (χ1) is 12.0. The summed E-state index contributed by atoms with van der Waals surface area (Å²) in [6.07, 6.45) is 10.7. The van der Waals surface area contributed by atoms with Crippen molar-refractivity contribution in [2.45, 2.75) is 89.8 Å². The molecular formula is C20H34O5. The van der Waals surface area contributed by atoms with Crippen LogP contribution in [0.25, 0.3) is 0 Å². The number of carbonyl (C=O) groups excluding carboxylic acids is 1. The van der Waals surface area contributed by atoms with Crippen LogP contribution in [0.3, 0.4) is 0 Å². The molecule has 0 unspecified atom stereocenters. The number of ketones is 1. The summed E-state index contributed by atoms with van der Waals surface area (Å²) < 4.78 is 0. The Balaban J connectivity index is 2.39. The first-order valence-corrected chi connectivity index (χ1v) is 9.74. The van der Waals surface area contributed by atoms with E-state index in [1.165, 1.54) is 0 Å². The van der Waals surface area contributed by atoms with Gasteiger partial charge in [-0.25, -0.2) is 0 Å². The largest absolute Gasteiger partial charge is 0.481 e. The molecule has 1 fully saturated rings. The van der Waals surface area contributed by atoms with Crippen LogP contribution in [0.4, 0.5) is 0 Å². The molecule has 144 valence electrons. The molecule has 1 rings (SSSR count). The molecule has 0 heterocycles. The van der Waals surface area contributed by atoms with Crippen LogP contribution >= 0.6 is 0 Å². The minimum Gasteiger partial charge on any atom is -0.481 e. The predicted molar refractivity (Wildman–Crippen MR) is 97.2 cm³/mol. The molecule has 0 aromatic rings. The molecule has 4 atom stereocenters. The van der Waals surface area contributed by atoms with Crippen molar-refractivity contribution in [2.75, 3.05) is 0 Å². The number of aliphatic carboxylic acids is 1. The van der Waals surface area contributed by atoms with E-state index in [0.29, 0.717) is 6.42 Å². The smallest absolute Gasteiger partial charge is 0.303 e. The molecule has 0 aliphatic heterocycles. The molecule has 5 nitrogen and oxygen atoms in total. The Morgan fingerprint density at radius 3 is 2.60 bits per heavy atom. The molecule has 0 bridgehead atoms. The maximum absolute atomic E-state index is 12.1. The average Bonchev–Trinajstić information content (AvgIpc) is 2.82. The number of carbonyl (C=O) groups is 2. The molecule has 0 radical (unpaired) electrons. The molecule has 1 aliphatic carbocycles. The molecule has 25 heavy (non-hydrogen) atoms. The van der Waals surface area contributed by atoms with Crippen LogP contribution in [0.2, 0.25) is 0 Å². The van der Waals surface area contributed by atoms with E-state index in [9.17, 15) is 19.8 Å². The maximum atomic E-state index is 12.1. The fourth-order valence-corrected chi connectivity index (χ4v) is 3.54.